The molecular weight excluding hydrogens is 466 g/mol. The third-order valence-corrected chi connectivity index (χ3v) is 6.09. The molecule has 0 N–H and O–H groups in total. The molecule has 35 heavy (non-hydrogen) atoms. The molecule has 0 bridgehead atoms. The van der Waals surface area contributed by atoms with E-state index in [0.29, 0.717) is 55.9 Å². The Morgan fingerprint density at radius 1 is 0.943 bits per heavy atom. The number of rotatable bonds is 4. The van der Waals surface area contributed by atoms with Crippen LogP contribution in [-0.4, -0.2) is 59.5 Å². The maximum absolute atomic E-state index is 13.1. The number of halogens is 1. The number of carbonyl (C=O) groups is 2. The number of anilines is 2. The quantitative estimate of drug-likeness (QED) is 0.550. The summed E-state index contributed by atoms with van der Waals surface area (Å²) >= 11 is 5.93. The number of hydrogen-bond donors (Lipinski definition) is 0. The zero-order valence-corrected chi connectivity index (χ0v) is 20.4. The molecule has 0 saturated carbocycles. The van der Waals surface area contributed by atoms with Gasteiger partial charge in [-0.15, -0.1) is 0 Å². The molecule has 0 saturated heterocycles. The van der Waals surface area contributed by atoms with Crippen LogP contribution in [0.15, 0.2) is 67.0 Å². The molecule has 1 aliphatic rings. The van der Waals surface area contributed by atoms with E-state index in [0.717, 1.165) is 11.3 Å². The van der Waals surface area contributed by atoms with Crippen molar-refractivity contribution in [3.05, 3.63) is 77.6 Å². The third-order valence-electron chi connectivity index (χ3n) is 5.84. The largest absolute Gasteiger partial charge is 0.484 e. The monoisotopic (exact) mass is 493 g/mol. The number of carbonyl (C=O) groups excluding carboxylic acids is 2. The van der Waals surface area contributed by atoms with Gasteiger partial charge in [0.05, 0.1) is 0 Å². The van der Waals surface area contributed by atoms with Crippen molar-refractivity contribution in [2.45, 2.75) is 19.9 Å². The molecule has 1 aromatic heterocycles. The Morgan fingerprint density at radius 2 is 1.69 bits per heavy atom. The highest BCUT2D eigenvalue weighted by atomic mass is 35.5. The van der Waals surface area contributed by atoms with Gasteiger partial charge in [-0.3, -0.25) is 9.59 Å². The molecule has 0 aliphatic carbocycles. The van der Waals surface area contributed by atoms with Crippen molar-refractivity contribution in [1.29, 1.82) is 0 Å². The second-order valence-corrected chi connectivity index (χ2v) is 8.68. The molecule has 1 aliphatic heterocycles. The van der Waals surface area contributed by atoms with Crippen LogP contribution in [0.25, 0.3) is 0 Å². The molecule has 0 unspecified atom stereocenters. The number of fused-ring (bicyclic) bond motifs is 1. The van der Waals surface area contributed by atoms with E-state index >= 15 is 0 Å². The Morgan fingerprint density at radius 3 is 2.43 bits per heavy atom. The fourth-order valence-electron chi connectivity index (χ4n) is 4.05. The zero-order valence-electron chi connectivity index (χ0n) is 19.6. The summed E-state index contributed by atoms with van der Waals surface area (Å²) in [5.74, 6) is 0.988. The lowest BCUT2D eigenvalue weighted by Gasteiger charge is -2.28. The van der Waals surface area contributed by atoms with Gasteiger partial charge in [-0.1, -0.05) is 29.8 Å². The summed E-state index contributed by atoms with van der Waals surface area (Å²) in [5.41, 5.74) is 1.87. The number of nitrogens with zero attached hydrogens (tertiary/aromatic N) is 5. The van der Waals surface area contributed by atoms with E-state index < -0.39 is 0 Å². The summed E-state index contributed by atoms with van der Waals surface area (Å²) in [5, 5.41) is 0.607. The summed E-state index contributed by atoms with van der Waals surface area (Å²) in [6.07, 6.45) is 4.04. The minimum atomic E-state index is -0.125. The van der Waals surface area contributed by atoms with Crippen molar-refractivity contribution in [2.24, 2.45) is 0 Å². The molecule has 8 nitrogen and oxygen atoms in total. The standard InChI is InChI=1S/C26H28ClN5O3/c1-20(33)32-15-5-14-30(25(34)19-35-23-10-8-22(27)9-11-23)16-17-31(26-28-12-4-13-29-26)18-21-6-2-3-7-24(21)32/h2-4,6-13H,5,14-19H2,1H3. The van der Waals surface area contributed by atoms with Crippen molar-refractivity contribution in [2.75, 3.05) is 42.6 Å². The molecule has 2 heterocycles. The number of ether oxygens (including phenoxy) is 1. The summed E-state index contributed by atoms with van der Waals surface area (Å²) in [4.78, 5) is 40.1. The fraction of sp³-hybridized carbons (Fsp3) is 0.308. The Labute approximate surface area is 210 Å². The normalized spacial score (nSPS) is 14.6. The molecular formula is C26H28ClN5O3. The van der Waals surface area contributed by atoms with Gasteiger partial charge in [0.15, 0.2) is 6.61 Å². The minimum Gasteiger partial charge on any atom is -0.484 e. The highest BCUT2D eigenvalue weighted by molar-refractivity contribution is 6.30. The molecule has 9 heteroatoms. The van der Waals surface area contributed by atoms with Crippen LogP contribution in [0.2, 0.25) is 5.02 Å². The van der Waals surface area contributed by atoms with Crippen LogP contribution in [0, 0.1) is 0 Å². The van der Waals surface area contributed by atoms with Crippen LogP contribution in [-0.2, 0) is 16.1 Å². The van der Waals surface area contributed by atoms with Crippen molar-refractivity contribution < 1.29 is 14.3 Å². The second kappa shape index (κ2) is 11.7. The molecule has 4 rings (SSSR count). The first-order chi connectivity index (χ1) is 17.0. The lowest BCUT2D eigenvalue weighted by Crippen LogP contribution is -2.42. The summed E-state index contributed by atoms with van der Waals surface area (Å²) in [7, 11) is 0. The lowest BCUT2D eigenvalue weighted by molar-refractivity contribution is -0.133. The van der Waals surface area contributed by atoms with Crippen molar-refractivity contribution in [1.82, 2.24) is 14.9 Å². The van der Waals surface area contributed by atoms with Gasteiger partial charge in [0, 0.05) is 62.8 Å². The average Bonchev–Trinajstić information content (AvgIpc) is 2.91. The van der Waals surface area contributed by atoms with Crippen LogP contribution in [0.3, 0.4) is 0 Å². The van der Waals surface area contributed by atoms with Crippen molar-refractivity contribution in [3.8, 4) is 5.75 Å². The second-order valence-electron chi connectivity index (χ2n) is 8.25. The molecule has 182 valence electrons. The Balaban J connectivity index is 1.56. The van der Waals surface area contributed by atoms with Gasteiger partial charge in [0.25, 0.3) is 5.91 Å². The summed E-state index contributed by atoms with van der Waals surface area (Å²) < 4.78 is 5.70. The molecule has 2 aromatic carbocycles. The van der Waals surface area contributed by atoms with Gasteiger partial charge in [-0.2, -0.15) is 0 Å². The number of para-hydroxylation sites is 1. The van der Waals surface area contributed by atoms with Gasteiger partial charge in [-0.25, -0.2) is 9.97 Å². The van der Waals surface area contributed by atoms with E-state index in [1.54, 1.807) is 59.4 Å². The number of amides is 2. The number of aromatic nitrogens is 2. The summed E-state index contributed by atoms with van der Waals surface area (Å²) in [6.45, 7) is 4.01. The molecule has 0 spiro atoms. The highest BCUT2D eigenvalue weighted by Gasteiger charge is 2.22. The maximum Gasteiger partial charge on any atom is 0.260 e. The van der Waals surface area contributed by atoms with Crippen LogP contribution >= 0.6 is 11.6 Å². The van der Waals surface area contributed by atoms with Gasteiger partial charge in [-0.05, 0) is 48.4 Å². The topological polar surface area (TPSA) is 78.9 Å². The van der Waals surface area contributed by atoms with E-state index in [4.69, 9.17) is 16.3 Å². The predicted molar refractivity (Wildman–Crippen MR) is 136 cm³/mol. The van der Waals surface area contributed by atoms with Gasteiger partial charge >= 0.3 is 0 Å². The number of hydrogen-bond acceptors (Lipinski definition) is 6. The Bertz CT molecular complexity index is 1140. The fourth-order valence-corrected chi connectivity index (χ4v) is 4.18. The minimum absolute atomic E-state index is 0.0387. The molecule has 0 atom stereocenters. The Hall–Kier alpha value is -3.65. The summed E-state index contributed by atoms with van der Waals surface area (Å²) in [6, 6.07) is 16.6. The van der Waals surface area contributed by atoms with Gasteiger partial charge in [0.1, 0.15) is 5.75 Å². The van der Waals surface area contributed by atoms with E-state index in [-0.39, 0.29) is 18.4 Å². The van der Waals surface area contributed by atoms with Crippen LogP contribution in [0.5, 0.6) is 5.75 Å². The lowest BCUT2D eigenvalue weighted by atomic mass is 10.1. The molecule has 3 aromatic rings. The Kier molecular flexibility index (Phi) is 8.15. The first-order valence-electron chi connectivity index (χ1n) is 11.6. The predicted octanol–water partition coefficient (Wildman–Crippen LogP) is 3.80. The van der Waals surface area contributed by atoms with E-state index in [1.807, 2.05) is 29.2 Å². The SMILES string of the molecule is CC(=O)N1CCCN(C(=O)COc2ccc(Cl)cc2)CCN(c2ncccn2)Cc2ccccc21. The first kappa shape index (κ1) is 24.5. The molecule has 0 radical (unpaired) electrons. The molecule has 0 fully saturated rings. The van der Waals surface area contributed by atoms with Crippen molar-refractivity contribution in [3.63, 3.8) is 0 Å². The van der Waals surface area contributed by atoms with Crippen LogP contribution in [0.1, 0.15) is 18.9 Å². The van der Waals surface area contributed by atoms with Crippen LogP contribution < -0.4 is 14.5 Å². The number of benzene rings is 2. The van der Waals surface area contributed by atoms with Gasteiger partial charge < -0.3 is 19.4 Å². The highest BCUT2D eigenvalue weighted by Crippen LogP contribution is 2.25. The molecule has 2 amide bonds. The van der Waals surface area contributed by atoms with Gasteiger partial charge in [0.2, 0.25) is 11.9 Å². The zero-order chi connectivity index (χ0) is 24.6. The maximum atomic E-state index is 13.1. The van der Waals surface area contributed by atoms with E-state index in [2.05, 4.69) is 9.97 Å². The van der Waals surface area contributed by atoms with E-state index in [9.17, 15) is 9.59 Å². The van der Waals surface area contributed by atoms with Crippen molar-refractivity contribution >= 4 is 35.1 Å². The van der Waals surface area contributed by atoms with Crippen LogP contribution in [0.4, 0.5) is 11.6 Å². The smallest absolute Gasteiger partial charge is 0.260 e. The average molecular weight is 494 g/mol. The first-order valence-corrected chi connectivity index (χ1v) is 11.9. The van der Waals surface area contributed by atoms with E-state index in [1.165, 1.54) is 0 Å². The third kappa shape index (κ3) is 6.48.